The molecule has 0 saturated heterocycles. The van der Waals surface area contributed by atoms with Gasteiger partial charge in [0.05, 0.1) is 12.5 Å². The molecule has 1 N–H and O–H groups in total. The third-order valence-electron chi connectivity index (χ3n) is 4.00. The Morgan fingerprint density at radius 2 is 1.64 bits per heavy atom. The normalized spacial score (nSPS) is 12.0. The van der Waals surface area contributed by atoms with Gasteiger partial charge in [0.15, 0.2) is 0 Å². The largest absolute Gasteiger partial charge is 0.349 e. The number of benzene rings is 2. The number of nitrogens with one attached hydrogen (secondary N) is 1. The Labute approximate surface area is 131 Å². The van der Waals surface area contributed by atoms with Crippen molar-refractivity contribution in [3.05, 3.63) is 70.0 Å². The van der Waals surface area contributed by atoms with Gasteiger partial charge in [-0.15, -0.1) is 0 Å². The highest BCUT2D eigenvalue weighted by Gasteiger charge is 2.13. The molecule has 0 aliphatic heterocycles. The van der Waals surface area contributed by atoms with Gasteiger partial charge in [-0.1, -0.05) is 24.3 Å². The van der Waals surface area contributed by atoms with Gasteiger partial charge >= 0.3 is 0 Å². The summed E-state index contributed by atoms with van der Waals surface area (Å²) in [5.41, 5.74) is 5.60. The van der Waals surface area contributed by atoms with Crippen molar-refractivity contribution in [1.29, 1.82) is 0 Å². The second-order valence-electron chi connectivity index (χ2n) is 5.89. The van der Waals surface area contributed by atoms with Crippen LogP contribution >= 0.6 is 0 Å². The van der Waals surface area contributed by atoms with E-state index in [0.29, 0.717) is 0 Å². The van der Waals surface area contributed by atoms with Crippen LogP contribution < -0.4 is 5.32 Å². The van der Waals surface area contributed by atoms with Gasteiger partial charge in [0, 0.05) is 0 Å². The standard InChI is InChI=1S/C19H22FNO/c1-12-9-14(3)18(10-13(12)2)15(4)21-19(22)11-16-5-7-17(20)8-6-16/h5-10,15H,11H2,1-4H3,(H,21,22)/t15-/m1/s1. The predicted molar refractivity (Wildman–Crippen MR) is 87.3 cm³/mol. The summed E-state index contributed by atoms with van der Waals surface area (Å²) in [6.07, 6.45) is 0.258. The lowest BCUT2D eigenvalue weighted by molar-refractivity contribution is -0.121. The minimum Gasteiger partial charge on any atom is -0.349 e. The molecule has 2 aromatic carbocycles. The summed E-state index contributed by atoms with van der Waals surface area (Å²) in [6.45, 7) is 8.21. The zero-order chi connectivity index (χ0) is 16.3. The quantitative estimate of drug-likeness (QED) is 0.902. The minimum absolute atomic E-state index is 0.0488. The van der Waals surface area contributed by atoms with Crippen LogP contribution in [-0.2, 0) is 11.2 Å². The van der Waals surface area contributed by atoms with Crippen LogP contribution in [0.15, 0.2) is 36.4 Å². The van der Waals surface area contributed by atoms with E-state index in [0.717, 1.165) is 11.1 Å². The number of rotatable bonds is 4. The van der Waals surface area contributed by atoms with Crippen LogP contribution in [0.2, 0.25) is 0 Å². The number of halogens is 1. The highest BCUT2D eigenvalue weighted by molar-refractivity contribution is 5.79. The molecule has 0 aliphatic carbocycles. The molecule has 0 heterocycles. The predicted octanol–water partition coefficient (Wildman–Crippen LogP) is 4.17. The molecule has 0 fully saturated rings. The van der Waals surface area contributed by atoms with Gasteiger partial charge in [-0.3, -0.25) is 4.79 Å². The zero-order valence-electron chi connectivity index (χ0n) is 13.5. The summed E-state index contributed by atoms with van der Waals surface area (Å²) < 4.78 is 12.9. The third kappa shape index (κ3) is 3.94. The fraction of sp³-hybridized carbons (Fsp3) is 0.316. The number of carbonyl (C=O) groups is 1. The fourth-order valence-electron chi connectivity index (χ4n) is 2.61. The Bertz CT molecular complexity index is 677. The highest BCUT2D eigenvalue weighted by atomic mass is 19.1. The van der Waals surface area contributed by atoms with E-state index in [1.54, 1.807) is 12.1 Å². The van der Waals surface area contributed by atoms with Crippen molar-refractivity contribution in [2.24, 2.45) is 0 Å². The summed E-state index contributed by atoms with van der Waals surface area (Å²) in [6, 6.07) is 10.3. The Kier molecular flexibility index (Phi) is 4.96. The van der Waals surface area contributed by atoms with Gasteiger partial charge in [0.2, 0.25) is 5.91 Å². The van der Waals surface area contributed by atoms with E-state index in [1.807, 2.05) is 6.92 Å². The molecule has 0 unspecified atom stereocenters. The molecule has 116 valence electrons. The number of hydrogen-bond acceptors (Lipinski definition) is 1. The van der Waals surface area contributed by atoms with Crippen molar-refractivity contribution in [2.45, 2.75) is 40.2 Å². The zero-order valence-corrected chi connectivity index (χ0v) is 13.5. The molecule has 0 aliphatic rings. The minimum atomic E-state index is -0.289. The first kappa shape index (κ1) is 16.2. The molecule has 2 aromatic rings. The Morgan fingerprint density at radius 3 is 2.27 bits per heavy atom. The Balaban J connectivity index is 2.05. The van der Waals surface area contributed by atoms with Gasteiger partial charge in [0.25, 0.3) is 0 Å². The third-order valence-corrected chi connectivity index (χ3v) is 4.00. The van der Waals surface area contributed by atoms with Crippen molar-refractivity contribution in [3.63, 3.8) is 0 Å². The summed E-state index contributed by atoms with van der Waals surface area (Å²) in [7, 11) is 0. The maximum absolute atomic E-state index is 12.9. The number of amides is 1. The highest BCUT2D eigenvalue weighted by Crippen LogP contribution is 2.21. The van der Waals surface area contributed by atoms with E-state index in [9.17, 15) is 9.18 Å². The molecule has 1 atom stereocenters. The molecule has 2 nitrogen and oxygen atoms in total. The van der Waals surface area contributed by atoms with Crippen LogP contribution in [0.3, 0.4) is 0 Å². The summed E-state index contributed by atoms with van der Waals surface area (Å²) in [5.74, 6) is -0.347. The molecule has 1 amide bonds. The summed E-state index contributed by atoms with van der Waals surface area (Å²) in [5, 5.41) is 3.01. The van der Waals surface area contributed by atoms with Crippen molar-refractivity contribution in [1.82, 2.24) is 5.32 Å². The molecular weight excluding hydrogens is 277 g/mol. The average molecular weight is 299 g/mol. The van der Waals surface area contributed by atoms with E-state index < -0.39 is 0 Å². The molecule has 2 rings (SSSR count). The van der Waals surface area contributed by atoms with Crippen LogP contribution in [0, 0.1) is 26.6 Å². The van der Waals surface area contributed by atoms with E-state index in [1.165, 1.54) is 28.8 Å². The molecule has 3 heteroatoms. The van der Waals surface area contributed by atoms with Crippen LogP contribution in [-0.4, -0.2) is 5.91 Å². The van der Waals surface area contributed by atoms with Gasteiger partial charge in [-0.25, -0.2) is 4.39 Å². The van der Waals surface area contributed by atoms with Crippen molar-refractivity contribution in [3.8, 4) is 0 Å². The topological polar surface area (TPSA) is 29.1 Å². The molecule has 0 radical (unpaired) electrons. The van der Waals surface area contributed by atoms with Crippen molar-refractivity contribution in [2.75, 3.05) is 0 Å². The maximum Gasteiger partial charge on any atom is 0.224 e. The summed E-state index contributed by atoms with van der Waals surface area (Å²) >= 11 is 0. The molecule has 22 heavy (non-hydrogen) atoms. The number of carbonyl (C=O) groups excluding carboxylic acids is 1. The lowest BCUT2D eigenvalue weighted by atomic mass is 9.96. The first-order valence-electron chi connectivity index (χ1n) is 7.48. The van der Waals surface area contributed by atoms with E-state index in [-0.39, 0.29) is 24.2 Å². The molecular formula is C19H22FNO. The average Bonchev–Trinajstić information content (AvgIpc) is 2.45. The smallest absolute Gasteiger partial charge is 0.224 e. The van der Waals surface area contributed by atoms with Gasteiger partial charge in [0.1, 0.15) is 5.82 Å². The van der Waals surface area contributed by atoms with Gasteiger partial charge in [-0.2, -0.15) is 0 Å². The molecule has 0 spiro atoms. The molecule has 0 saturated carbocycles. The first-order chi connectivity index (χ1) is 10.4. The van der Waals surface area contributed by atoms with E-state index >= 15 is 0 Å². The van der Waals surface area contributed by atoms with Crippen LogP contribution in [0.4, 0.5) is 4.39 Å². The molecule has 0 bridgehead atoms. The maximum atomic E-state index is 12.9. The lowest BCUT2D eigenvalue weighted by Crippen LogP contribution is -2.28. The number of aryl methyl sites for hydroxylation is 3. The van der Waals surface area contributed by atoms with Crippen molar-refractivity contribution >= 4 is 5.91 Å². The van der Waals surface area contributed by atoms with Crippen molar-refractivity contribution < 1.29 is 9.18 Å². The van der Waals surface area contributed by atoms with Crippen LogP contribution in [0.1, 0.15) is 40.8 Å². The van der Waals surface area contributed by atoms with Crippen LogP contribution in [0.25, 0.3) is 0 Å². The van der Waals surface area contributed by atoms with E-state index in [2.05, 4.69) is 38.2 Å². The molecule has 0 aromatic heterocycles. The van der Waals surface area contributed by atoms with Gasteiger partial charge in [-0.05, 0) is 67.6 Å². The van der Waals surface area contributed by atoms with Crippen LogP contribution in [0.5, 0.6) is 0 Å². The first-order valence-corrected chi connectivity index (χ1v) is 7.48. The second-order valence-corrected chi connectivity index (χ2v) is 5.89. The monoisotopic (exact) mass is 299 g/mol. The Morgan fingerprint density at radius 1 is 1.05 bits per heavy atom. The lowest BCUT2D eigenvalue weighted by Gasteiger charge is -2.18. The van der Waals surface area contributed by atoms with Gasteiger partial charge < -0.3 is 5.32 Å². The second kappa shape index (κ2) is 6.73. The Hall–Kier alpha value is -2.16. The SMILES string of the molecule is Cc1cc(C)c([C@@H](C)NC(=O)Cc2ccc(F)cc2)cc1C. The fourth-order valence-corrected chi connectivity index (χ4v) is 2.61. The number of hydrogen-bond donors (Lipinski definition) is 1. The summed E-state index contributed by atoms with van der Waals surface area (Å²) in [4.78, 5) is 12.1. The van der Waals surface area contributed by atoms with E-state index in [4.69, 9.17) is 0 Å².